The lowest BCUT2D eigenvalue weighted by molar-refractivity contribution is 0.263. The van der Waals surface area contributed by atoms with Crippen LogP contribution in [0.2, 0.25) is 0 Å². The first kappa shape index (κ1) is 23.5. The zero-order chi connectivity index (χ0) is 19.1. The Morgan fingerprint density at radius 2 is 1.89 bits per heavy atom. The summed E-state index contributed by atoms with van der Waals surface area (Å²) >= 11 is 2.06. The molecule has 7 nitrogen and oxygen atoms in total. The molecule has 0 aromatic carbocycles. The number of nitrogens with one attached hydrogen (secondary N) is 1. The normalized spacial score (nSPS) is 20.6. The van der Waals surface area contributed by atoms with Gasteiger partial charge < -0.3 is 15.1 Å². The van der Waals surface area contributed by atoms with E-state index in [1.54, 1.807) is 0 Å². The molecule has 0 radical (unpaired) electrons. The van der Waals surface area contributed by atoms with E-state index in [1.807, 2.05) is 18.5 Å². The molecule has 0 atom stereocenters. The number of hydrogen-bond acceptors (Lipinski definition) is 6. The van der Waals surface area contributed by atoms with E-state index >= 15 is 0 Å². The van der Waals surface area contributed by atoms with E-state index < -0.39 is 0 Å². The lowest BCUT2D eigenvalue weighted by atomic mass is 10.2. The number of nitrogens with zero attached hydrogens (tertiary/aromatic N) is 6. The maximum absolute atomic E-state index is 4.92. The van der Waals surface area contributed by atoms with Crippen molar-refractivity contribution in [2.75, 3.05) is 69.6 Å². The van der Waals surface area contributed by atoms with Crippen molar-refractivity contribution < 1.29 is 0 Å². The van der Waals surface area contributed by atoms with Crippen LogP contribution in [0, 0.1) is 0 Å². The van der Waals surface area contributed by atoms with Crippen LogP contribution in [-0.4, -0.2) is 95.1 Å². The van der Waals surface area contributed by atoms with Crippen LogP contribution in [0.4, 0.5) is 5.95 Å². The van der Waals surface area contributed by atoms with Crippen molar-refractivity contribution in [3.05, 3.63) is 18.5 Å². The Labute approximate surface area is 190 Å². The Morgan fingerprint density at radius 3 is 2.54 bits per heavy atom. The maximum Gasteiger partial charge on any atom is 0.225 e. The van der Waals surface area contributed by atoms with Crippen LogP contribution in [0.3, 0.4) is 0 Å². The monoisotopic (exact) mass is 519 g/mol. The van der Waals surface area contributed by atoms with E-state index in [0.29, 0.717) is 4.75 Å². The third kappa shape index (κ3) is 6.91. The number of guanidine groups is 1. The van der Waals surface area contributed by atoms with Gasteiger partial charge in [-0.2, -0.15) is 11.8 Å². The second-order valence-corrected chi connectivity index (χ2v) is 9.44. The van der Waals surface area contributed by atoms with Crippen LogP contribution >= 0.6 is 35.7 Å². The van der Waals surface area contributed by atoms with E-state index in [9.17, 15) is 0 Å². The number of thioether (sulfide) groups is 1. The molecular weight excluding hydrogens is 485 g/mol. The molecule has 0 spiro atoms. The van der Waals surface area contributed by atoms with Gasteiger partial charge in [-0.1, -0.05) is 0 Å². The molecule has 158 valence electrons. The highest BCUT2D eigenvalue weighted by atomic mass is 127. The number of aromatic nitrogens is 2. The van der Waals surface area contributed by atoms with Gasteiger partial charge in [0.25, 0.3) is 0 Å². The lowest BCUT2D eigenvalue weighted by Crippen LogP contribution is -2.51. The molecule has 3 heterocycles. The van der Waals surface area contributed by atoms with Crippen molar-refractivity contribution >= 4 is 47.6 Å². The molecule has 28 heavy (non-hydrogen) atoms. The number of anilines is 1. The standard InChI is InChI=1S/C19H33N7S.HI/c1-4-20-17(26-14-15-27-19(2,3)16-26)23-8-9-24-10-12-25(13-11-24)18-21-6-5-7-22-18;/h5-7H,4,8-16H2,1-3H3,(H,20,23);1H. The Bertz CT molecular complexity index is 606. The third-order valence-electron chi connectivity index (χ3n) is 4.95. The van der Waals surface area contributed by atoms with E-state index in [1.165, 1.54) is 5.75 Å². The summed E-state index contributed by atoms with van der Waals surface area (Å²) in [7, 11) is 0. The molecule has 0 unspecified atom stereocenters. The van der Waals surface area contributed by atoms with Crippen molar-refractivity contribution in [3.8, 4) is 0 Å². The number of piperazine rings is 1. The van der Waals surface area contributed by atoms with Gasteiger partial charge in [-0.3, -0.25) is 9.89 Å². The summed E-state index contributed by atoms with van der Waals surface area (Å²) in [6.07, 6.45) is 3.62. The van der Waals surface area contributed by atoms with Gasteiger partial charge in [-0.25, -0.2) is 9.97 Å². The highest BCUT2D eigenvalue weighted by molar-refractivity contribution is 14.0. The second-order valence-electron chi connectivity index (χ2n) is 7.64. The zero-order valence-corrected chi connectivity index (χ0v) is 20.4. The van der Waals surface area contributed by atoms with Gasteiger partial charge in [-0.05, 0) is 26.8 Å². The highest BCUT2D eigenvalue weighted by Gasteiger charge is 2.28. The summed E-state index contributed by atoms with van der Waals surface area (Å²) in [6.45, 7) is 15.7. The topological polar surface area (TPSA) is 59.9 Å². The van der Waals surface area contributed by atoms with Crippen LogP contribution < -0.4 is 10.2 Å². The van der Waals surface area contributed by atoms with Crippen LogP contribution in [0.1, 0.15) is 20.8 Å². The molecular formula is C19H34IN7S. The molecule has 2 aliphatic heterocycles. The fourth-order valence-corrected chi connectivity index (χ4v) is 4.66. The summed E-state index contributed by atoms with van der Waals surface area (Å²) in [4.78, 5) is 20.8. The molecule has 2 fully saturated rings. The predicted octanol–water partition coefficient (Wildman–Crippen LogP) is 2.01. The Balaban J connectivity index is 0.00000280. The van der Waals surface area contributed by atoms with Crippen molar-refractivity contribution in [2.24, 2.45) is 4.99 Å². The minimum absolute atomic E-state index is 0. The first-order valence-corrected chi connectivity index (χ1v) is 11.0. The van der Waals surface area contributed by atoms with Gasteiger partial charge in [0.2, 0.25) is 5.95 Å². The minimum Gasteiger partial charge on any atom is -0.357 e. The van der Waals surface area contributed by atoms with Crippen LogP contribution in [0.15, 0.2) is 23.5 Å². The molecule has 2 saturated heterocycles. The Morgan fingerprint density at radius 1 is 1.18 bits per heavy atom. The summed E-state index contributed by atoms with van der Waals surface area (Å²) in [5.74, 6) is 3.08. The predicted molar refractivity (Wildman–Crippen MR) is 130 cm³/mol. The van der Waals surface area contributed by atoms with Crippen LogP contribution in [0.5, 0.6) is 0 Å². The van der Waals surface area contributed by atoms with Crippen LogP contribution in [-0.2, 0) is 0 Å². The molecule has 0 saturated carbocycles. The lowest BCUT2D eigenvalue weighted by Gasteiger charge is -2.39. The summed E-state index contributed by atoms with van der Waals surface area (Å²) in [5, 5.41) is 3.48. The minimum atomic E-state index is 0. The molecule has 9 heteroatoms. The summed E-state index contributed by atoms with van der Waals surface area (Å²) in [5.41, 5.74) is 0. The van der Waals surface area contributed by atoms with E-state index in [-0.39, 0.29) is 24.0 Å². The maximum atomic E-state index is 4.92. The molecule has 1 aromatic rings. The molecule has 1 aromatic heterocycles. The quantitative estimate of drug-likeness (QED) is 0.363. The molecule has 0 aliphatic carbocycles. The van der Waals surface area contributed by atoms with Gasteiger partial charge in [0.15, 0.2) is 5.96 Å². The molecule has 3 rings (SSSR count). The van der Waals surface area contributed by atoms with Gasteiger partial charge in [0.1, 0.15) is 0 Å². The number of halogens is 1. The fraction of sp³-hybridized carbons (Fsp3) is 0.737. The van der Waals surface area contributed by atoms with Crippen molar-refractivity contribution in [1.29, 1.82) is 0 Å². The van der Waals surface area contributed by atoms with Crippen LogP contribution in [0.25, 0.3) is 0 Å². The smallest absolute Gasteiger partial charge is 0.225 e. The summed E-state index contributed by atoms with van der Waals surface area (Å²) < 4.78 is 0.296. The van der Waals surface area contributed by atoms with E-state index in [0.717, 1.165) is 70.8 Å². The number of aliphatic imine (C=N–C) groups is 1. The van der Waals surface area contributed by atoms with Gasteiger partial charge in [0.05, 0.1) is 6.54 Å². The summed E-state index contributed by atoms with van der Waals surface area (Å²) in [6, 6.07) is 1.86. The first-order chi connectivity index (χ1) is 13.1. The Kier molecular flexibility index (Phi) is 9.55. The average molecular weight is 520 g/mol. The number of hydrogen-bond donors (Lipinski definition) is 1. The van der Waals surface area contributed by atoms with Gasteiger partial charge in [0, 0.05) is 75.3 Å². The largest absolute Gasteiger partial charge is 0.357 e. The van der Waals surface area contributed by atoms with Gasteiger partial charge in [-0.15, -0.1) is 24.0 Å². The molecule has 0 amide bonds. The molecule has 2 aliphatic rings. The van der Waals surface area contributed by atoms with E-state index in [2.05, 4.69) is 62.5 Å². The Hall–Kier alpha value is -0.810. The van der Waals surface area contributed by atoms with Gasteiger partial charge >= 0.3 is 0 Å². The van der Waals surface area contributed by atoms with Crippen molar-refractivity contribution in [2.45, 2.75) is 25.5 Å². The third-order valence-corrected chi connectivity index (χ3v) is 6.24. The molecule has 0 bridgehead atoms. The second kappa shape index (κ2) is 11.4. The molecule has 1 N–H and O–H groups in total. The van der Waals surface area contributed by atoms with Crippen molar-refractivity contribution in [1.82, 2.24) is 25.1 Å². The number of rotatable bonds is 5. The van der Waals surface area contributed by atoms with Crippen molar-refractivity contribution in [3.63, 3.8) is 0 Å². The fourth-order valence-electron chi connectivity index (χ4n) is 3.55. The highest BCUT2D eigenvalue weighted by Crippen LogP contribution is 2.29. The van der Waals surface area contributed by atoms with E-state index in [4.69, 9.17) is 4.99 Å². The SMILES string of the molecule is CCNC(=NCCN1CCN(c2ncccn2)CC1)N1CCSC(C)(C)C1.I. The zero-order valence-electron chi connectivity index (χ0n) is 17.3. The average Bonchev–Trinajstić information content (AvgIpc) is 2.68. The first-order valence-electron chi connectivity index (χ1n) is 9.99.